The number of rotatable bonds is 7. The van der Waals surface area contributed by atoms with Crippen LogP contribution in [0.25, 0.3) is 0 Å². The molecule has 0 bridgehead atoms. The standard InChI is InChI=1S/C23H34O2/c1-7-8-9-10-11-12-21-19(17(3)24)15-18-13-16(2)14-20(22(18)25-21)23(4,5)6/h13-14H,7-12,15H2,1-6H3. The molecular formula is C23H34O2. The first-order valence-electron chi connectivity index (χ1n) is 9.78. The summed E-state index contributed by atoms with van der Waals surface area (Å²) in [5, 5.41) is 0. The van der Waals surface area contributed by atoms with Gasteiger partial charge >= 0.3 is 0 Å². The van der Waals surface area contributed by atoms with Gasteiger partial charge < -0.3 is 4.74 Å². The van der Waals surface area contributed by atoms with Gasteiger partial charge in [-0.25, -0.2) is 0 Å². The second kappa shape index (κ2) is 8.21. The van der Waals surface area contributed by atoms with Crippen LogP contribution in [0.4, 0.5) is 0 Å². The van der Waals surface area contributed by atoms with Crippen molar-refractivity contribution >= 4 is 5.78 Å². The van der Waals surface area contributed by atoms with Gasteiger partial charge in [0.1, 0.15) is 11.5 Å². The van der Waals surface area contributed by atoms with Crippen LogP contribution in [0.5, 0.6) is 5.75 Å². The topological polar surface area (TPSA) is 26.3 Å². The van der Waals surface area contributed by atoms with E-state index in [-0.39, 0.29) is 11.2 Å². The lowest BCUT2D eigenvalue weighted by Gasteiger charge is -2.30. The maximum absolute atomic E-state index is 12.2. The summed E-state index contributed by atoms with van der Waals surface area (Å²) < 4.78 is 6.38. The fraction of sp³-hybridized carbons (Fsp3) is 0.609. The maximum Gasteiger partial charge on any atom is 0.159 e. The van der Waals surface area contributed by atoms with Gasteiger partial charge in [0.05, 0.1) is 0 Å². The summed E-state index contributed by atoms with van der Waals surface area (Å²) in [7, 11) is 0. The van der Waals surface area contributed by atoms with Crippen LogP contribution in [-0.2, 0) is 16.6 Å². The van der Waals surface area contributed by atoms with Crippen molar-refractivity contribution in [2.75, 3.05) is 0 Å². The number of fused-ring (bicyclic) bond motifs is 1. The molecule has 1 aliphatic rings. The van der Waals surface area contributed by atoms with E-state index in [9.17, 15) is 4.79 Å². The minimum Gasteiger partial charge on any atom is -0.461 e. The molecule has 1 aromatic rings. The van der Waals surface area contributed by atoms with E-state index in [0.29, 0.717) is 6.42 Å². The molecule has 0 unspecified atom stereocenters. The zero-order chi connectivity index (χ0) is 18.6. The predicted molar refractivity (Wildman–Crippen MR) is 105 cm³/mol. The number of ketones is 1. The fourth-order valence-electron chi connectivity index (χ4n) is 3.54. The van der Waals surface area contributed by atoms with Crippen molar-refractivity contribution in [2.24, 2.45) is 0 Å². The van der Waals surface area contributed by atoms with Crippen molar-refractivity contribution in [3.05, 3.63) is 40.2 Å². The highest BCUT2D eigenvalue weighted by atomic mass is 16.5. The van der Waals surface area contributed by atoms with Crippen LogP contribution in [0, 0.1) is 6.92 Å². The summed E-state index contributed by atoms with van der Waals surface area (Å²) in [6, 6.07) is 4.40. The zero-order valence-electron chi connectivity index (χ0n) is 16.9. The van der Waals surface area contributed by atoms with E-state index in [1.54, 1.807) is 6.92 Å². The van der Waals surface area contributed by atoms with Crippen LogP contribution in [0.2, 0.25) is 0 Å². The van der Waals surface area contributed by atoms with Gasteiger partial charge in [-0.2, -0.15) is 0 Å². The first-order chi connectivity index (χ1) is 11.7. The number of Topliss-reactive ketones (excluding diaryl/α,β-unsaturated/α-hetero) is 1. The minimum atomic E-state index is 0.0239. The van der Waals surface area contributed by atoms with Gasteiger partial charge in [-0.05, 0) is 31.2 Å². The second-order valence-corrected chi connectivity index (χ2v) is 8.45. The average Bonchev–Trinajstić information content (AvgIpc) is 2.52. The van der Waals surface area contributed by atoms with Crippen LogP contribution in [0.1, 0.15) is 89.8 Å². The Morgan fingerprint density at radius 3 is 2.40 bits per heavy atom. The molecule has 0 saturated carbocycles. The number of aryl methyl sites for hydroxylation is 1. The van der Waals surface area contributed by atoms with E-state index < -0.39 is 0 Å². The van der Waals surface area contributed by atoms with E-state index in [4.69, 9.17) is 4.74 Å². The second-order valence-electron chi connectivity index (χ2n) is 8.45. The summed E-state index contributed by atoms with van der Waals surface area (Å²) in [5.74, 6) is 2.05. The van der Waals surface area contributed by atoms with Crippen LogP contribution >= 0.6 is 0 Å². The SMILES string of the molecule is CCCCCCCC1=C(C(C)=O)Cc2cc(C)cc(C(C)(C)C)c2O1. The Labute approximate surface area is 153 Å². The molecule has 0 spiro atoms. The van der Waals surface area contributed by atoms with Gasteiger partial charge in [-0.15, -0.1) is 0 Å². The first kappa shape index (κ1) is 19.8. The molecule has 1 heterocycles. The number of ether oxygens (including phenoxy) is 1. The van der Waals surface area contributed by atoms with Gasteiger partial charge in [0.25, 0.3) is 0 Å². The number of unbranched alkanes of at least 4 members (excludes halogenated alkanes) is 4. The highest BCUT2D eigenvalue weighted by Gasteiger charge is 2.28. The van der Waals surface area contributed by atoms with Crippen LogP contribution in [0.3, 0.4) is 0 Å². The van der Waals surface area contributed by atoms with Crippen molar-refractivity contribution in [2.45, 2.75) is 91.9 Å². The van der Waals surface area contributed by atoms with Crippen LogP contribution in [-0.4, -0.2) is 5.78 Å². The Morgan fingerprint density at radius 2 is 1.80 bits per heavy atom. The lowest BCUT2D eigenvalue weighted by atomic mass is 9.82. The molecule has 0 aromatic heterocycles. The zero-order valence-corrected chi connectivity index (χ0v) is 16.9. The van der Waals surface area contributed by atoms with Gasteiger partial charge in [0.15, 0.2) is 5.78 Å². The van der Waals surface area contributed by atoms with Crippen molar-refractivity contribution in [1.82, 2.24) is 0 Å². The van der Waals surface area contributed by atoms with E-state index in [1.807, 2.05) is 0 Å². The molecule has 25 heavy (non-hydrogen) atoms. The number of hydrogen-bond donors (Lipinski definition) is 0. The Balaban J connectivity index is 2.28. The Bertz CT molecular complexity index is 659. The van der Waals surface area contributed by atoms with E-state index in [0.717, 1.165) is 35.5 Å². The molecule has 2 heteroatoms. The molecule has 2 rings (SSSR count). The monoisotopic (exact) mass is 342 g/mol. The normalized spacial score (nSPS) is 14.3. The molecule has 0 fully saturated rings. The Kier molecular flexibility index (Phi) is 6.48. The van der Waals surface area contributed by atoms with Crippen molar-refractivity contribution < 1.29 is 9.53 Å². The first-order valence-corrected chi connectivity index (χ1v) is 9.78. The lowest BCUT2D eigenvalue weighted by Crippen LogP contribution is -2.21. The molecule has 138 valence electrons. The summed E-state index contributed by atoms with van der Waals surface area (Å²) in [5.41, 5.74) is 4.53. The largest absolute Gasteiger partial charge is 0.461 e. The molecule has 0 amide bonds. The van der Waals surface area contributed by atoms with Gasteiger partial charge in [0.2, 0.25) is 0 Å². The predicted octanol–water partition coefficient (Wildman–Crippen LogP) is 6.43. The fourth-order valence-corrected chi connectivity index (χ4v) is 3.54. The molecular weight excluding hydrogens is 308 g/mol. The summed E-state index contributed by atoms with van der Waals surface area (Å²) in [4.78, 5) is 12.2. The quantitative estimate of drug-likeness (QED) is 0.534. The minimum absolute atomic E-state index is 0.0239. The third kappa shape index (κ3) is 4.96. The number of carbonyl (C=O) groups excluding carboxylic acids is 1. The summed E-state index contributed by atoms with van der Waals surface area (Å²) in [6.07, 6.45) is 7.68. The molecule has 0 radical (unpaired) electrons. The smallest absolute Gasteiger partial charge is 0.159 e. The van der Waals surface area contributed by atoms with Crippen molar-refractivity contribution in [3.63, 3.8) is 0 Å². The van der Waals surface area contributed by atoms with Crippen molar-refractivity contribution in [3.8, 4) is 5.75 Å². The van der Waals surface area contributed by atoms with E-state index in [2.05, 4.69) is 46.8 Å². The average molecular weight is 343 g/mol. The lowest BCUT2D eigenvalue weighted by molar-refractivity contribution is -0.113. The number of hydrogen-bond acceptors (Lipinski definition) is 2. The van der Waals surface area contributed by atoms with Gasteiger partial charge in [0, 0.05) is 24.0 Å². The van der Waals surface area contributed by atoms with Crippen molar-refractivity contribution in [1.29, 1.82) is 0 Å². The van der Waals surface area contributed by atoms with Gasteiger partial charge in [-0.1, -0.05) is 71.1 Å². The Hall–Kier alpha value is -1.57. The third-order valence-electron chi connectivity index (χ3n) is 4.98. The Morgan fingerprint density at radius 1 is 1.12 bits per heavy atom. The van der Waals surface area contributed by atoms with Crippen LogP contribution < -0.4 is 4.74 Å². The molecule has 2 nitrogen and oxygen atoms in total. The van der Waals surface area contributed by atoms with E-state index >= 15 is 0 Å². The summed E-state index contributed by atoms with van der Waals surface area (Å²) >= 11 is 0. The van der Waals surface area contributed by atoms with Gasteiger partial charge in [-0.3, -0.25) is 4.79 Å². The highest BCUT2D eigenvalue weighted by Crippen LogP contribution is 2.41. The molecule has 0 aliphatic carbocycles. The molecule has 0 atom stereocenters. The van der Waals surface area contributed by atoms with E-state index in [1.165, 1.54) is 36.8 Å². The van der Waals surface area contributed by atoms with Crippen LogP contribution in [0.15, 0.2) is 23.5 Å². The number of benzene rings is 1. The molecule has 1 aromatic carbocycles. The molecule has 0 N–H and O–H groups in total. The number of allylic oxidation sites excluding steroid dienone is 2. The maximum atomic E-state index is 12.2. The number of carbonyl (C=O) groups is 1. The third-order valence-corrected chi connectivity index (χ3v) is 4.98. The molecule has 0 saturated heterocycles. The summed E-state index contributed by atoms with van der Waals surface area (Å²) in [6.45, 7) is 12.7. The molecule has 1 aliphatic heterocycles. The highest BCUT2D eigenvalue weighted by molar-refractivity contribution is 5.94.